The summed E-state index contributed by atoms with van der Waals surface area (Å²) in [6.45, 7) is 6.76. The fraction of sp³-hybridized carbons (Fsp3) is 0.538. The first-order valence-electron chi connectivity index (χ1n) is 5.52. The van der Waals surface area contributed by atoms with Gasteiger partial charge in [0.15, 0.2) is 0 Å². The number of hydrogen-bond donors (Lipinski definition) is 1. The zero-order valence-corrected chi connectivity index (χ0v) is 10.9. The highest BCUT2D eigenvalue weighted by atomic mass is 32.2. The van der Waals surface area contributed by atoms with Crippen molar-refractivity contribution in [3.8, 4) is 0 Å². The molecule has 1 aromatic carbocycles. The van der Waals surface area contributed by atoms with Gasteiger partial charge in [-0.25, -0.2) is 0 Å². The first-order valence-corrected chi connectivity index (χ1v) is 6.75. The molecule has 1 rings (SSSR count). The molecule has 84 valence electrons. The van der Waals surface area contributed by atoms with Gasteiger partial charge in [0.05, 0.1) is 0 Å². The second-order valence-electron chi connectivity index (χ2n) is 4.40. The van der Waals surface area contributed by atoms with Crippen molar-refractivity contribution < 1.29 is 0 Å². The van der Waals surface area contributed by atoms with Crippen molar-refractivity contribution in [3.63, 3.8) is 0 Å². The lowest BCUT2D eigenvalue weighted by molar-refractivity contribution is 0.540. The van der Waals surface area contributed by atoms with E-state index in [2.05, 4.69) is 56.6 Å². The summed E-state index contributed by atoms with van der Waals surface area (Å²) in [5.74, 6) is 0.748. The van der Waals surface area contributed by atoms with Crippen LogP contribution in [0.2, 0.25) is 0 Å². The van der Waals surface area contributed by atoms with E-state index in [-0.39, 0.29) is 0 Å². The van der Waals surface area contributed by atoms with E-state index < -0.39 is 0 Å². The van der Waals surface area contributed by atoms with Crippen LogP contribution in [0.4, 0.5) is 5.69 Å². The van der Waals surface area contributed by atoms with Crippen LogP contribution in [-0.4, -0.2) is 12.3 Å². The van der Waals surface area contributed by atoms with Gasteiger partial charge in [0.25, 0.3) is 0 Å². The Morgan fingerprint density at radius 3 is 2.20 bits per heavy atom. The third kappa shape index (κ3) is 4.61. The number of rotatable bonds is 5. The summed E-state index contributed by atoms with van der Waals surface area (Å²) < 4.78 is 0. The maximum absolute atomic E-state index is 3.52. The molecule has 0 bridgehead atoms. The van der Waals surface area contributed by atoms with E-state index in [0.717, 1.165) is 5.92 Å². The third-order valence-electron chi connectivity index (χ3n) is 2.33. The van der Waals surface area contributed by atoms with E-state index in [9.17, 15) is 0 Å². The minimum Gasteiger partial charge on any atom is -0.383 e. The number of hydrogen-bond acceptors (Lipinski definition) is 2. The molecule has 0 fully saturated rings. The average Bonchev–Trinajstić information content (AvgIpc) is 2.17. The monoisotopic (exact) mass is 223 g/mol. The Bertz CT molecular complexity index is 279. The molecule has 0 heterocycles. The molecule has 0 aromatic heterocycles. The highest BCUT2D eigenvalue weighted by Crippen LogP contribution is 2.18. The van der Waals surface area contributed by atoms with Gasteiger partial charge in [-0.2, -0.15) is 0 Å². The molecule has 1 N–H and O–H groups in total. The zero-order chi connectivity index (χ0) is 11.3. The highest BCUT2D eigenvalue weighted by Gasteiger charge is 2.04. The summed E-state index contributed by atoms with van der Waals surface area (Å²) in [4.78, 5) is 1.32. The van der Waals surface area contributed by atoms with Crippen LogP contribution in [0.5, 0.6) is 0 Å². The van der Waals surface area contributed by atoms with Gasteiger partial charge in [0.2, 0.25) is 0 Å². The van der Waals surface area contributed by atoms with E-state index in [1.807, 2.05) is 0 Å². The molecule has 0 saturated carbocycles. The minimum atomic E-state index is 0.546. The number of thioether (sulfide) groups is 1. The van der Waals surface area contributed by atoms with Gasteiger partial charge in [-0.3, -0.25) is 0 Å². The molecule has 2 heteroatoms. The summed E-state index contributed by atoms with van der Waals surface area (Å²) in [5.41, 5.74) is 1.22. The third-order valence-corrected chi connectivity index (χ3v) is 3.07. The molecule has 0 unspecified atom stereocenters. The first kappa shape index (κ1) is 12.4. The topological polar surface area (TPSA) is 12.0 Å². The van der Waals surface area contributed by atoms with Gasteiger partial charge in [-0.05, 0) is 49.8 Å². The van der Waals surface area contributed by atoms with Crippen molar-refractivity contribution in [2.24, 2.45) is 5.92 Å². The Kier molecular flexibility index (Phi) is 5.03. The lowest BCUT2D eigenvalue weighted by Gasteiger charge is -2.17. The smallest absolute Gasteiger partial charge is 0.0342 e. The molecule has 0 spiro atoms. The van der Waals surface area contributed by atoms with Crippen molar-refractivity contribution in [1.82, 2.24) is 0 Å². The summed E-state index contributed by atoms with van der Waals surface area (Å²) in [6, 6.07) is 9.18. The molecular formula is C13H21NS. The number of benzene rings is 1. The average molecular weight is 223 g/mol. The standard InChI is InChI=1S/C13H21NS/c1-10(2)9-11(3)14-12-5-7-13(15-4)8-6-12/h5-8,10-11,14H,9H2,1-4H3/t11-/m0/s1. The Morgan fingerprint density at radius 2 is 1.73 bits per heavy atom. The van der Waals surface area contributed by atoms with Crippen molar-refractivity contribution in [3.05, 3.63) is 24.3 Å². The summed E-state index contributed by atoms with van der Waals surface area (Å²) >= 11 is 1.78. The summed E-state index contributed by atoms with van der Waals surface area (Å²) in [6.07, 6.45) is 3.31. The van der Waals surface area contributed by atoms with Crippen LogP contribution in [0.1, 0.15) is 27.2 Å². The van der Waals surface area contributed by atoms with Gasteiger partial charge < -0.3 is 5.32 Å². The molecule has 0 aliphatic rings. The molecule has 0 aliphatic carbocycles. The van der Waals surface area contributed by atoms with E-state index in [1.54, 1.807) is 11.8 Å². The first-order chi connectivity index (χ1) is 7.11. The molecule has 15 heavy (non-hydrogen) atoms. The number of anilines is 1. The zero-order valence-electron chi connectivity index (χ0n) is 10.1. The van der Waals surface area contributed by atoms with Crippen molar-refractivity contribution >= 4 is 17.4 Å². The fourth-order valence-corrected chi connectivity index (χ4v) is 2.15. The SMILES string of the molecule is CSc1ccc(N[C@@H](C)CC(C)C)cc1. The summed E-state index contributed by atoms with van der Waals surface area (Å²) in [5, 5.41) is 3.52. The van der Waals surface area contributed by atoms with Crippen LogP contribution < -0.4 is 5.32 Å². The van der Waals surface area contributed by atoms with Gasteiger partial charge in [0.1, 0.15) is 0 Å². The van der Waals surface area contributed by atoms with E-state index in [1.165, 1.54) is 17.0 Å². The number of nitrogens with one attached hydrogen (secondary N) is 1. The Balaban J connectivity index is 2.49. The molecule has 1 aromatic rings. The predicted octanol–water partition coefficient (Wildman–Crippen LogP) is 4.26. The summed E-state index contributed by atoms with van der Waals surface area (Å²) in [7, 11) is 0. The normalized spacial score (nSPS) is 12.9. The van der Waals surface area contributed by atoms with E-state index >= 15 is 0 Å². The molecule has 0 radical (unpaired) electrons. The largest absolute Gasteiger partial charge is 0.383 e. The van der Waals surface area contributed by atoms with E-state index in [4.69, 9.17) is 0 Å². The molecule has 1 nitrogen and oxygen atoms in total. The molecule has 0 amide bonds. The van der Waals surface area contributed by atoms with Crippen molar-refractivity contribution in [2.45, 2.75) is 38.1 Å². The molecule has 0 saturated heterocycles. The minimum absolute atomic E-state index is 0.546. The van der Waals surface area contributed by atoms with Crippen LogP contribution in [0, 0.1) is 5.92 Å². The van der Waals surface area contributed by atoms with Gasteiger partial charge in [0, 0.05) is 16.6 Å². The predicted molar refractivity (Wildman–Crippen MR) is 70.8 cm³/mol. The van der Waals surface area contributed by atoms with Crippen LogP contribution in [0.15, 0.2) is 29.2 Å². The Labute approximate surface area is 97.7 Å². The van der Waals surface area contributed by atoms with Gasteiger partial charge in [-0.15, -0.1) is 11.8 Å². The molecule has 0 aliphatic heterocycles. The van der Waals surface area contributed by atoms with E-state index in [0.29, 0.717) is 6.04 Å². The quantitative estimate of drug-likeness (QED) is 0.749. The Morgan fingerprint density at radius 1 is 1.13 bits per heavy atom. The van der Waals surface area contributed by atoms with Crippen molar-refractivity contribution in [2.75, 3.05) is 11.6 Å². The maximum atomic E-state index is 3.52. The van der Waals surface area contributed by atoms with Gasteiger partial charge >= 0.3 is 0 Å². The molecular weight excluding hydrogens is 202 g/mol. The highest BCUT2D eigenvalue weighted by molar-refractivity contribution is 7.98. The van der Waals surface area contributed by atoms with Crippen LogP contribution in [0.3, 0.4) is 0 Å². The lowest BCUT2D eigenvalue weighted by Crippen LogP contribution is -2.17. The lowest BCUT2D eigenvalue weighted by atomic mass is 10.1. The maximum Gasteiger partial charge on any atom is 0.0342 e. The van der Waals surface area contributed by atoms with Gasteiger partial charge in [-0.1, -0.05) is 13.8 Å². The second-order valence-corrected chi connectivity index (χ2v) is 5.28. The Hall–Kier alpha value is -0.630. The van der Waals surface area contributed by atoms with Crippen LogP contribution in [-0.2, 0) is 0 Å². The fourth-order valence-electron chi connectivity index (χ4n) is 1.74. The second kappa shape index (κ2) is 6.06. The van der Waals surface area contributed by atoms with Crippen molar-refractivity contribution in [1.29, 1.82) is 0 Å². The van der Waals surface area contributed by atoms with Crippen LogP contribution in [0.25, 0.3) is 0 Å². The van der Waals surface area contributed by atoms with Crippen LogP contribution >= 0.6 is 11.8 Å². The molecule has 1 atom stereocenters.